The predicted molar refractivity (Wildman–Crippen MR) is 25.1 cm³/mol. The molecule has 2 heteroatoms. The Morgan fingerprint density at radius 3 is 1.43 bits per heavy atom. The van der Waals surface area contributed by atoms with Crippen molar-refractivity contribution in [3.63, 3.8) is 0 Å². The van der Waals surface area contributed by atoms with Crippen LogP contribution in [-0.4, -0.2) is 6.29 Å². The first-order chi connectivity index (χ1) is 2.56. The molecule has 0 fully saturated rings. The molecule has 0 unspecified atom stereocenters. The quantitative estimate of drug-likeness (QED) is 0.263. The van der Waals surface area contributed by atoms with E-state index in [-0.39, 0.29) is 35.0 Å². The zero-order chi connectivity index (χ0) is 5.21. The Hall–Kier alpha value is 0.670. The Balaban J connectivity index is 0. The molecule has 0 bridgehead atoms. The molecule has 1 nitrogen and oxygen atoms in total. The van der Waals surface area contributed by atoms with Gasteiger partial charge in [0.05, 0.1) is 0 Å². The zero-order valence-corrected chi connectivity index (χ0v) is 7.41. The Morgan fingerprint density at radius 2 is 1.43 bits per heavy atom. The van der Waals surface area contributed by atoms with Crippen LogP contribution in [0.15, 0.2) is 0 Å². The van der Waals surface area contributed by atoms with Gasteiger partial charge in [-0.3, -0.25) is 6.29 Å². The van der Waals surface area contributed by atoms with Gasteiger partial charge in [-0.25, -0.2) is 0 Å². The maximum absolute atomic E-state index is 9.70. The first-order valence-electron chi connectivity index (χ1n) is 1.95. The predicted octanol–water partition coefficient (Wildman–Crippen LogP) is -1.85. The Kier molecular flexibility index (Phi) is 5.53. The van der Waals surface area contributed by atoms with E-state index in [4.69, 9.17) is 0 Å². The van der Waals surface area contributed by atoms with Gasteiger partial charge in [-0.05, 0) is 0 Å². The molecule has 0 atom stereocenters. The van der Waals surface area contributed by atoms with Crippen molar-refractivity contribution in [1.82, 2.24) is 0 Å². The third-order valence-electron chi connectivity index (χ3n) is 0.306. The molecule has 0 heterocycles. The smallest absolute Gasteiger partial charge is 0.541 e. The number of rotatable bonds is 0. The van der Waals surface area contributed by atoms with E-state index in [1.54, 1.807) is 0 Å². The standard InChI is InChI=1S/C5H9O.Na/c1-5(2,3)4-6;/h1-3H3;/q-1;+1. The third kappa shape index (κ3) is 10.8. The van der Waals surface area contributed by atoms with Gasteiger partial charge in [-0.15, -0.1) is 5.41 Å². The van der Waals surface area contributed by atoms with E-state index in [0.29, 0.717) is 0 Å². The Labute approximate surface area is 66.8 Å². The SMILES string of the molecule is CC(C)(C)[C-]=O.[Na+]. The number of hydrogen-bond acceptors (Lipinski definition) is 1. The van der Waals surface area contributed by atoms with E-state index < -0.39 is 0 Å². The van der Waals surface area contributed by atoms with Crippen molar-refractivity contribution < 1.29 is 34.4 Å². The summed E-state index contributed by atoms with van der Waals surface area (Å²) in [4.78, 5) is 9.70. The molecule has 0 aliphatic rings. The van der Waals surface area contributed by atoms with Gasteiger partial charge in [-0.2, -0.15) is 0 Å². The minimum Gasteiger partial charge on any atom is -0.541 e. The van der Waals surface area contributed by atoms with Gasteiger partial charge in [-0.1, -0.05) is 20.8 Å². The third-order valence-corrected chi connectivity index (χ3v) is 0.306. The minimum atomic E-state index is -0.264. The maximum Gasteiger partial charge on any atom is 1.00 e. The molecule has 0 aromatic rings. The first-order valence-corrected chi connectivity index (χ1v) is 1.95. The number of hydrogen-bond donors (Lipinski definition) is 0. The van der Waals surface area contributed by atoms with Crippen molar-refractivity contribution in [2.75, 3.05) is 0 Å². The van der Waals surface area contributed by atoms with Crippen molar-refractivity contribution in [3.8, 4) is 0 Å². The van der Waals surface area contributed by atoms with Gasteiger partial charge in [0.1, 0.15) is 0 Å². The summed E-state index contributed by atoms with van der Waals surface area (Å²) in [5, 5.41) is 0. The first kappa shape index (κ1) is 10.6. The van der Waals surface area contributed by atoms with Crippen LogP contribution in [0.4, 0.5) is 0 Å². The van der Waals surface area contributed by atoms with E-state index in [2.05, 4.69) is 0 Å². The number of carbonyl (C=O) groups excluding carboxylic acids is 1. The molecule has 0 N–H and O–H groups in total. The summed E-state index contributed by atoms with van der Waals surface area (Å²) in [7, 11) is 0. The summed E-state index contributed by atoms with van der Waals surface area (Å²) in [5.41, 5.74) is -0.264. The molecule has 0 aromatic heterocycles. The molecule has 0 saturated carbocycles. The summed E-state index contributed by atoms with van der Waals surface area (Å²) in [6, 6.07) is 0. The Bertz CT molecular complexity index is 53.6. The van der Waals surface area contributed by atoms with E-state index >= 15 is 0 Å². The van der Waals surface area contributed by atoms with Gasteiger partial charge >= 0.3 is 29.6 Å². The summed E-state index contributed by atoms with van der Waals surface area (Å²) >= 11 is 0. The average molecular weight is 108 g/mol. The molecule has 0 spiro atoms. The zero-order valence-electron chi connectivity index (χ0n) is 5.41. The second kappa shape index (κ2) is 3.65. The summed E-state index contributed by atoms with van der Waals surface area (Å²) in [5.74, 6) is 0. The molecular formula is C5H9NaO. The van der Waals surface area contributed by atoms with Crippen LogP contribution in [0.2, 0.25) is 0 Å². The van der Waals surface area contributed by atoms with Crippen LogP contribution in [0, 0.1) is 5.41 Å². The summed E-state index contributed by atoms with van der Waals surface area (Å²) in [6.45, 7) is 5.46. The molecular weight excluding hydrogens is 99.0 g/mol. The van der Waals surface area contributed by atoms with Gasteiger partial charge in [0, 0.05) is 0 Å². The second-order valence-corrected chi connectivity index (χ2v) is 2.35. The van der Waals surface area contributed by atoms with Gasteiger partial charge in [0.2, 0.25) is 0 Å². The second-order valence-electron chi connectivity index (χ2n) is 2.35. The molecule has 0 amide bonds. The molecule has 0 aliphatic carbocycles. The van der Waals surface area contributed by atoms with Gasteiger partial charge in [0.15, 0.2) is 0 Å². The largest absolute Gasteiger partial charge is 1.00 e. The van der Waals surface area contributed by atoms with E-state index in [0.717, 1.165) is 0 Å². The van der Waals surface area contributed by atoms with E-state index in [1.165, 1.54) is 0 Å². The van der Waals surface area contributed by atoms with Crippen LogP contribution < -0.4 is 29.6 Å². The Morgan fingerprint density at radius 1 is 1.29 bits per heavy atom. The molecule has 0 aliphatic heterocycles. The summed E-state index contributed by atoms with van der Waals surface area (Å²) < 4.78 is 0. The molecule has 0 rings (SSSR count). The van der Waals surface area contributed by atoms with E-state index in [9.17, 15) is 4.79 Å². The van der Waals surface area contributed by atoms with Crippen LogP contribution in [0.3, 0.4) is 0 Å². The van der Waals surface area contributed by atoms with Crippen molar-refractivity contribution in [3.05, 3.63) is 0 Å². The van der Waals surface area contributed by atoms with Crippen LogP contribution in [0.5, 0.6) is 0 Å². The van der Waals surface area contributed by atoms with Crippen LogP contribution in [0.25, 0.3) is 0 Å². The molecule has 7 heavy (non-hydrogen) atoms. The molecule has 0 saturated heterocycles. The molecule has 36 valence electrons. The van der Waals surface area contributed by atoms with Crippen LogP contribution >= 0.6 is 0 Å². The summed E-state index contributed by atoms with van der Waals surface area (Å²) in [6.07, 6.45) is 1.85. The van der Waals surface area contributed by atoms with Crippen molar-refractivity contribution >= 4 is 6.29 Å². The van der Waals surface area contributed by atoms with E-state index in [1.807, 2.05) is 27.1 Å². The molecule has 0 aromatic carbocycles. The van der Waals surface area contributed by atoms with Crippen molar-refractivity contribution in [1.29, 1.82) is 0 Å². The normalized spacial score (nSPS) is 9.57. The fraction of sp³-hybridized carbons (Fsp3) is 0.800. The fourth-order valence-electron chi connectivity index (χ4n) is 0. The van der Waals surface area contributed by atoms with Gasteiger partial charge in [0.25, 0.3) is 0 Å². The fourth-order valence-corrected chi connectivity index (χ4v) is 0. The van der Waals surface area contributed by atoms with Crippen molar-refractivity contribution in [2.24, 2.45) is 5.41 Å². The topological polar surface area (TPSA) is 17.1 Å². The average Bonchev–Trinajstić information content (AvgIpc) is 1.35. The monoisotopic (exact) mass is 108 g/mol. The van der Waals surface area contributed by atoms with Crippen LogP contribution in [-0.2, 0) is 4.79 Å². The van der Waals surface area contributed by atoms with Gasteiger partial charge < -0.3 is 4.79 Å². The maximum atomic E-state index is 9.70. The van der Waals surface area contributed by atoms with Crippen LogP contribution in [0.1, 0.15) is 20.8 Å². The molecule has 0 radical (unpaired) electrons. The minimum absolute atomic E-state index is 0. The van der Waals surface area contributed by atoms with Crippen molar-refractivity contribution in [2.45, 2.75) is 20.8 Å².